The number of ether oxygens (including phenoxy) is 2. The molecule has 1 aliphatic rings. The molecule has 0 radical (unpaired) electrons. The highest BCUT2D eigenvalue weighted by molar-refractivity contribution is 6.04. The number of aromatic nitrogens is 2. The largest absolute Gasteiger partial charge is 0.495 e. The second-order valence-electron chi connectivity index (χ2n) is 8.87. The molecule has 5 rings (SSSR count). The second-order valence-corrected chi connectivity index (χ2v) is 8.87. The predicted molar refractivity (Wildman–Crippen MR) is 146 cm³/mol. The molecule has 0 spiro atoms. The summed E-state index contributed by atoms with van der Waals surface area (Å²) < 4.78 is 12.6. The maximum Gasteiger partial charge on any atom is 0.255 e. The average molecular weight is 512 g/mol. The van der Waals surface area contributed by atoms with Crippen molar-refractivity contribution >= 4 is 28.9 Å². The van der Waals surface area contributed by atoms with Crippen LogP contribution < -0.4 is 20.3 Å². The third-order valence-electron chi connectivity index (χ3n) is 6.24. The number of hydrogen-bond donors (Lipinski definition) is 2. The third kappa shape index (κ3) is 6.01. The molecule has 194 valence electrons. The van der Waals surface area contributed by atoms with Gasteiger partial charge in [0.1, 0.15) is 5.75 Å². The SMILES string of the molecule is COc1cc(NC(=O)c2cccc(-n3cc(NC(=O)Cc4ccccc4)cn3)c2)ccc1N1CCOCC1. The Hall–Kier alpha value is -4.63. The van der Waals surface area contributed by atoms with Crippen molar-refractivity contribution in [3.63, 3.8) is 0 Å². The van der Waals surface area contributed by atoms with E-state index in [0.29, 0.717) is 41.6 Å². The summed E-state index contributed by atoms with van der Waals surface area (Å²) >= 11 is 0. The van der Waals surface area contributed by atoms with E-state index in [1.165, 1.54) is 0 Å². The third-order valence-corrected chi connectivity index (χ3v) is 6.24. The van der Waals surface area contributed by atoms with Crippen LogP contribution in [-0.4, -0.2) is 55.0 Å². The average Bonchev–Trinajstić information content (AvgIpc) is 3.42. The van der Waals surface area contributed by atoms with Crippen LogP contribution in [0.15, 0.2) is 85.2 Å². The van der Waals surface area contributed by atoms with Crippen molar-refractivity contribution in [3.8, 4) is 11.4 Å². The first-order valence-electron chi connectivity index (χ1n) is 12.4. The summed E-state index contributed by atoms with van der Waals surface area (Å²) in [6.07, 6.45) is 3.58. The quantitative estimate of drug-likeness (QED) is 0.369. The van der Waals surface area contributed by atoms with Gasteiger partial charge >= 0.3 is 0 Å². The number of methoxy groups -OCH3 is 1. The Labute approximate surface area is 221 Å². The summed E-state index contributed by atoms with van der Waals surface area (Å²) in [5.74, 6) is 0.312. The number of rotatable bonds is 8. The van der Waals surface area contributed by atoms with Gasteiger partial charge in [0.05, 0.1) is 56.2 Å². The van der Waals surface area contributed by atoms with E-state index in [1.807, 2.05) is 54.6 Å². The number of morpholine rings is 1. The zero-order valence-corrected chi connectivity index (χ0v) is 21.1. The van der Waals surface area contributed by atoms with Gasteiger partial charge < -0.3 is 25.0 Å². The Balaban J connectivity index is 1.25. The van der Waals surface area contributed by atoms with E-state index in [1.54, 1.807) is 42.4 Å². The molecule has 2 N–H and O–H groups in total. The number of carbonyl (C=O) groups is 2. The lowest BCUT2D eigenvalue weighted by Gasteiger charge is -2.30. The zero-order chi connectivity index (χ0) is 26.3. The van der Waals surface area contributed by atoms with Gasteiger partial charge in [-0.2, -0.15) is 5.10 Å². The highest BCUT2D eigenvalue weighted by atomic mass is 16.5. The van der Waals surface area contributed by atoms with Gasteiger partial charge in [-0.15, -0.1) is 0 Å². The van der Waals surface area contributed by atoms with Crippen LogP contribution in [-0.2, 0) is 16.0 Å². The molecule has 0 bridgehead atoms. The van der Waals surface area contributed by atoms with Crippen LogP contribution in [0.5, 0.6) is 5.75 Å². The summed E-state index contributed by atoms with van der Waals surface area (Å²) in [6, 6.07) is 22.3. The molecular weight excluding hydrogens is 482 g/mol. The van der Waals surface area contributed by atoms with E-state index in [9.17, 15) is 9.59 Å². The second kappa shape index (κ2) is 11.6. The molecule has 1 aromatic heterocycles. The highest BCUT2D eigenvalue weighted by Gasteiger charge is 2.17. The minimum atomic E-state index is -0.253. The number of anilines is 3. The van der Waals surface area contributed by atoms with Gasteiger partial charge in [0.2, 0.25) is 5.91 Å². The molecule has 2 heterocycles. The Morgan fingerprint density at radius 3 is 2.55 bits per heavy atom. The normalized spacial score (nSPS) is 13.1. The molecule has 0 atom stereocenters. The molecular formula is C29H29N5O4. The molecule has 0 unspecified atom stereocenters. The molecule has 1 fully saturated rings. The van der Waals surface area contributed by atoms with Gasteiger partial charge in [-0.25, -0.2) is 4.68 Å². The monoisotopic (exact) mass is 511 g/mol. The fourth-order valence-electron chi connectivity index (χ4n) is 4.33. The molecule has 2 amide bonds. The Bertz CT molecular complexity index is 1410. The number of amides is 2. The van der Waals surface area contributed by atoms with Crippen molar-refractivity contribution in [1.29, 1.82) is 0 Å². The van der Waals surface area contributed by atoms with Crippen LogP contribution in [0.3, 0.4) is 0 Å². The standard InChI is InChI=1S/C29H29N5O4/c1-37-27-18-23(10-11-26(27)33-12-14-38-15-13-33)32-29(36)22-8-5-9-25(17-22)34-20-24(19-30-34)31-28(35)16-21-6-3-2-4-7-21/h2-11,17-20H,12-16H2,1H3,(H,31,35)(H,32,36). The van der Waals surface area contributed by atoms with E-state index in [2.05, 4.69) is 20.6 Å². The number of nitrogens with zero attached hydrogens (tertiary/aromatic N) is 3. The Kier molecular flexibility index (Phi) is 7.65. The molecule has 3 aromatic carbocycles. The molecule has 1 saturated heterocycles. The molecule has 4 aromatic rings. The van der Waals surface area contributed by atoms with Crippen LogP contribution in [0.2, 0.25) is 0 Å². The first-order chi connectivity index (χ1) is 18.6. The summed E-state index contributed by atoms with van der Waals surface area (Å²) in [5, 5.41) is 10.2. The van der Waals surface area contributed by atoms with Crippen molar-refractivity contribution in [3.05, 3.63) is 96.3 Å². The Morgan fingerprint density at radius 2 is 1.76 bits per heavy atom. The fraction of sp³-hybridized carbons (Fsp3) is 0.207. The van der Waals surface area contributed by atoms with Crippen molar-refractivity contribution in [1.82, 2.24) is 9.78 Å². The fourth-order valence-corrected chi connectivity index (χ4v) is 4.33. The first-order valence-corrected chi connectivity index (χ1v) is 12.4. The van der Waals surface area contributed by atoms with Gasteiger partial charge in [0, 0.05) is 30.4 Å². The summed E-state index contributed by atoms with van der Waals surface area (Å²) in [5.41, 5.74) is 4.29. The van der Waals surface area contributed by atoms with Crippen molar-refractivity contribution in [2.75, 3.05) is 48.9 Å². The summed E-state index contributed by atoms with van der Waals surface area (Å²) in [7, 11) is 1.62. The molecule has 0 aliphatic carbocycles. The topological polar surface area (TPSA) is 97.7 Å². The van der Waals surface area contributed by atoms with Crippen LogP contribution in [0.1, 0.15) is 15.9 Å². The molecule has 9 heteroatoms. The summed E-state index contributed by atoms with van der Waals surface area (Å²) in [4.78, 5) is 27.6. The first kappa shape index (κ1) is 25.0. The van der Waals surface area contributed by atoms with Crippen molar-refractivity contribution in [2.24, 2.45) is 0 Å². The number of hydrogen-bond acceptors (Lipinski definition) is 6. The van der Waals surface area contributed by atoms with E-state index < -0.39 is 0 Å². The van der Waals surface area contributed by atoms with E-state index in [-0.39, 0.29) is 18.2 Å². The zero-order valence-electron chi connectivity index (χ0n) is 21.1. The smallest absolute Gasteiger partial charge is 0.255 e. The predicted octanol–water partition coefficient (Wildman–Crippen LogP) is 4.15. The molecule has 1 aliphatic heterocycles. The number of nitrogens with one attached hydrogen (secondary N) is 2. The molecule has 38 heavy (non-hydrogen) atoms. The van der Waals surface area contributed by atoms with Gasteiger partial charge in [-0.05, 0) is 35.9 Å². The Morgan fingerprint density at radius 1 is 0.947 bits per heavy atom. The van der Waals surface area contributed by atoms with Crippen LogP contribution in [0.25, 0.3) is 5.69 Å². The summed E-state index contributed by atoms with van der Waals surface area (Å²) in [6.45, 7) is 2.94. The minimum absolute atomic E-state index is 0.126. The van der Waals surface area contributed by atoms with E-state index >= 15 is 0 Å². The van der Waals surface area contributed by atoms with Crippen LogP contribution >= 0.6 is 0 Å². The van der Waals surface area contributed by atoms with E-state index in [0.717, 1.165) is 24.3 Å². The number of carbonyl (C=O) groups excluding carboxylic acids is 2. The van der Waals surface area contributed by atoms with Crippen LogP contribution in [0, 0.1) is 0 Å². The van der Waals surface area contributed by atoms with E-state index in [4.69, 9.17) is 9.47 Å². The van der Waals surface area contributed by atoms with Crippen molar-refractivity contribution < 1.29 is 19.1 Å². The van der Waals surface area contributed by atoms with Crippen molar-refractivity contribution in [2.45, 2.75) is 6.42 Å². The van der Waals surface area contributed by atoms with Gasteiger partial charge in [0.15, 0.2) is 0 Å². The minimum Gasteiger partial charge on any atom is -0.495 e. The van der Waals surface area contributed by atoms with Crippen LogP contribution in [0.4, 0.5) is 17.1 Å². The lowest BCUT2D eigenvalue weighted by molar-refractivity contribution is -0.115. The lowest BCUT2D eigenvalue weighted by atomic mass is 10.1. The van der Waals surface area contributed by atoms with Gasteiger partial charge in [-0.1, -0.05) is 36.4 Å². The molecule has 9 nitrogen and oxygen atoms in total. The van der Waals surface area contributed by atoms with Gasteiger partial charge in [-0.3, -0.25) is 9.59 Å². The van der Waals surface area contributed by atoms with Gasteiger partial charge in [0.25, 0.3) is 5.91 Å². The lowest BCUT2D eigenvalue weighted by Crippen LogP contribution is -2.36. The highest BCUT2D eigenvalue weighted by Crippen LogP contribution is 2.32. The number of benzene rings is 3. The maximum absolute atomic E-state index is 13.0. The molecule has 0 saturated carbocycles. The maximum atomic E-state index is 13.0.